The highest BCUT2D eigenvalue weighted by molar-refractivity contribution is 7.99. The van der Waals surface area contributed by atoms with Crippen molar-refractivity contribution in [3.05, 3.63) is 15.9 Å². The summed E-state index contributed by atoms with van der Waals surface area (Å²) in [7, 11) is 1.79. The molecule has 1 saturated heterocycles. The smallest absolute Gasteiger partial charge is 0.361 e. The zero-order valence-corrected chi connectivity index (χ0v) is 10.1. The van der Waals surface area contributed by atoms with Gasteiger partial charge in [0.25, 0.3) is 0 Å². The molecule has 0 spiro atoms. The van der Waals surface area contributed by atoms with E-state index < -0.39 is 4.92 Å². The van der Waals surface area contributed by atoms with E-state index in [2.05, 4.69) is 10.3 Å². The highest BCUT2D eigenvalue weighted by Crippen LogP contribution is 2.27. The fraction of sp³-hybridized carbons (Fsp3) is 0.667. The molecule has 0 amide bonds. The third-order valence-corrected chi connectivity index (χ3v) is 3.91. The topological polar surface area (TPSA) is 73.0 Å². The number of hydrogen-bond acceptors (Lipinski definition) is 5. The van der Waals surface area contributed by atoms with E-state index >= 15 is 0 Å². The van der Waals surface area contributed by atoms with Crippen LogP contribution >= 0.6 is 11.8 Å². The Morgan fingerprint density at radius 3 is 3.00 bits per heavy atom. The Bertz CT molecular complexity index is 412. The van der Waals surface area contributed by atoms with Crippen molar-refractivity contribution < 1.29 is 4.92 Å². The number of nitro groups is 1. The van der Waals surface area contributed by atoms with Crippen molar-refractivity contribution >= 4 is 23.4 Å². The summed E-state index contributed by atoms with van der Waals surface area (Å²) in [5, 5.41) is 14.1. The molecule has 1 N–H and O–H groups in total. The van der Waals surface area contributed by atoms with Crippen molar-refractivity contribution in [3.8, 4) is 0 Å². The molecule has 0 aliphatic carbocycles. The number of anilines is 1. The van der Waals surface area contributed by atoms with Gasteiger partial charge >= 0.3 is 5.82 Å². The van der Waals surface area contributed by atoms with Gasteiger partial charge in [-0.25, -0.2) is 0 Å². The molecule has 1 aliphatic rings. The Hall–Kier alpha value is -1.24. The van der Waals surface area contributed by atoms with E-state index in [-0.39, 0.29) is 5.82 Å². The Morgan fingerprint density at radius 2 is 2.44 bits per heavy atom. The van der Waals surface area contributed by atoms with Crippen LogP contribution in [0.5, 0.6) is 0 Å². The normalized spacial score (nSPS) is 20.0. The summed E-state index contributed by atoms with van der Waals surface area (Å²) in [6.07, 6.45) is 1.05. The number of aryl methyl sites for hydroxylation is 1. The van der Waals surface area contributed by atoms with Crippen molar-refractivity contribution in [2.75, 3.05) is 16.8 Å². The molecule has 1 atom stereocenters. The van der Waals surface area contributed by atoms with Crippen LogP contribution in [0.1, 0.15) is 12.2 Å². The average molecular weight is 242 g/mol. The van der Waals surface area contributed by atoms with E-state index in [1.807, 2.05) is 11.8 Å². The molecule has 6 nitrogen and oxygen atoms in total. The summed E-state index contributed by atoms with van der Waals surface area (Å²) < 4.78 is 1.74. The Labute approximate surface area is 97.6 Å². The summed E-state index contributed by atoms with van der Waals surface area (Å²) in [6.45, 7) is 1.77. The number of imidazole rings is 1. The molecule has 1 aromatic rings. The van der Waals surface area contributed by atoms with Gasteiger partial charge in [-0.05, 0) is 22.1 Å². The van der Waals surface area contributed by atoms with Gasteiger partial charge in [-0.3, -0.25) is 4.57 Å². The molecule has 16 heavy (non-hydrogen) atoms. The molecule has 88 valence electrons. The lowest BCUT2D eigenvalue weighted by Gasteiger charge is -2.12. The first-order valence-corrected chi connectivity index (χ1v) is 6.27. The van der Waals surface area contributed by atoms with Crippen LogP contribution in [0, 0.1) is 17.0 Å². The first-order valence-electron chi connectivity index (χ1n) is 5.11. The third-order valence-electron chi connectivity index (χ3n) is 2.74. The summed E-state index contributed by atoms with van der Waals surface area (Å²) >= 11 is 1.87. The van der Waals surface area contributed by atoms with Crippen LogP contribution in [0.25, 0.3) is 0 Å². The molecule has 0 aromatic carbocycles. The highest BCUT2D eigenvalue weighted by atomic mass is 32.2. The number of hydrogen-bond donors (Lipinski definition) is 1. The molecule has 7 heteroatoms. The minimum atomic E-state index is -0.433. The standard InChI is InChI=1S/C9H14N4O2S/c1-6-10-9(13(14)15)8(12(6)2)11-7-3-4-16-5-7/h7,11H,3-5H2,1-2H3. The average Bonchev–Trinajstić information content (AvgIpc) is 2.81. The van der Waals surface area contributed by atoms with Crippen LogP contribution in [0.15, 0.2) is 0 Å². The lowest BCUT2D eigenvalue weighted by Crippen LogP contribution is -2.20. The first kappa shape index (κ1) is 11.3. The van der Waals surface area contributed by atoms with Crippen molar-refractivity contribution in [3.63, 3.8) is 0 Å². The third kappa shape index (κ3) is 1.99. The molecule has 1 fully saturated rings. The minimum absolute atomic E-state index is 0.0723. The van der Waals surface area contributed by atoms with Crippen LogP contribution in [-0.2, 0) is 7.05 Å². The van der Waals surface area contributed by atoms with Crippen LogP contribution in [-0.4, -0.2) is 32.0 Å². The number of rotatable bonds is 3. The van der Waals surface area contributed by atoms with E-state index in [4.69, 9.17) is 0 Å². The lowest BCUT2D eigenvalue weighted by molar-refractivity contribution is -0.388. The van der Waals surface area contributed by atoms with E-state index in [1.165, 1.54) is 0 Å². The second kappa shape index (κ2) is 4.32. The monoisotopic (exact) mass is 242 g/mol. The predicted octanol–water partition coefficient (Wildman–Crippen LogP) is 1.55. The van der Waals surface area contributed by atoms with Gasteiger partial charge in [-0.1, -0.05) is 0 Å². The zero-order chi connectivity index (χ0) is 11.7. The molecule has 0 radical (unpaired) electrons. The maximum Gasteiger partial charge on any atom is 0.406 e. The van der Waals surface area contributed by atoms with E-state index in [0.29, 0.717) is 17.7 Å². The van der Waals surface area contributed by atoms with Gasteiger partial charge in [-0.15, -0.1) is 0 Å². The largest absolute Gasteiger partial charge is 0.406 e. The van der Waals surface area contributed by atoms with Crippen LogP contribution < -0.4 is 5.32 Å². The molecule has 0 saturated carbocycles. The number of nitrogens with one attached hydrogen (secondary N) is 1. The zero-order valence-electron chi connectivity index (χ0n) is 9.27. The fourth-order valence-electron chi connectivity index (χ4n) is 1.72. The van der Waals surface area contributed by atoms with E-state index in [0.717, 1.165) is 17.9 Å². The van der Waals surface area contributed by atoms with Crippen molar-refractivity contribution in [1.82, 2.24) is 9.55 Å². The van der Waals surface area contributed by atoms with Gasteiger partial charge in [0.15, 0.2) is 0 Å². The van der Waals surface area contributed by atoms with Crippen molar-refractivity contribution in [2.45, 2.75) is 19.4 Å². The quantitative estimate of drug-likeness (QED) is 0.643. The minimum Gasteiger partial charge on any atom is -0.361 e. The number of aromatic nitrogens is 2. The van der Waals surface area contributed by atoms with Gasteiger partial charge < -0.3 is 15.4 Å². The highest BCUT2D eigenvalue weighted by Gasteiger charge is 2.26. The lowest BCUT2D eigenvalue weighted by atomic mass is 10.2. The molecule has 1 aromatic heterocycles. The Balaban J connectivity index is 2.26. The van der Waals surface area contributed by atoms with Gasteiger partial charge in [0, 0.05) is 25.8 Å². The van der Waals surface area contributed by atoms with Crippen LogP contribution in [0.3, 0.4) is 0 Å². The maximum atomic E-state index is 10.8. The molecule has 0 bridgehead atoms. The fourth-order valence-corrected chi connectivity index (χ4v) is 2.88. The van der Waals surface area contributed by atoms with E-state index in [1.54, 1.807) is 18.5 Å². The molecule has 1 aliphatic heterocycles. The van der Waals surface area contributed by atoms with E-state index in [9.17, 15) is 10.1 Å². The van der Waals surface area contributed by atoms with Crippen molar-refractivity contribution in [2.24, 2.45) is 7.05 Å². The maximum absolute atomic E-state index is 10.8. The summed E-state index contributed by atoms with van der Waals surface area (Å²) in [6, 6.07) is 0.318. The van der Waals surface area contributed by atoms with Gasteiger partial charge in [0.1, 0.15) is 0 Å². The van der Waals surface area contributed by atoms with Gasteiger partial charge in [0.05, 0.1) is 0 Å². The van der Waals surface area contributed by atoms with Crippen molar-refractivity contribution in [1.29, 1.82) is 0 Å². The Morgan fingerprint density at radius 1 is 1.69 bits per heavy atom. The molecule has 2 heterocycles. The van der Waals surface area contributed by atoms with Crippen LogP contribution in [0.4, 0.5) is 11.6 Å². The summed E-state index contributed by atoms with van der Waals surface area (Å²) in [5.41, 5.74) is 0. The van der Waals surface area contributed by atoms with Gasteiger partial charge in [-0.2, -0.15) is 11.8 Å². The number of nitrogens with zero attached hydrogens (tertiary/aromatic N) is 3. The number of thioether (sulfide) groups is 1. The molecular formula is C9H14N4O2S. The SMILES string of the molecule is Cc1nc([N+](=O)[O-])c(NC2CCSC2)n1C. The van der Waals surface area contributed by atoms with Gasteiger partial charge in [0.2, 0.25) is 11.6 Å². The Kier molecular flexibility index (Phi) is 3.04. The molecular weight excluding hydrogens is 228 g/mol. The second-order valence-corrected chi connectivity index (χ2v) is 5.00. The predicted molar refractivity (Wildman–Crippen MR) is 64.0 cm³/mol. The summed E-state index contributed by atoms with van der Waals surface area (Å²) in [5.74, 6) is 3.22. The summed E-state index contributed by atoms with van der Waals surface area (Å²) in [4.78, 5) is 14.4. The second-order valence-electron chi connectivity index (χ2n) is 3.85. The molecule has 2 rings (SSSR count). The van der Waals surface area contributed by atoms with Crippen LogP contribution in [0.2, 0.25) is 0 Å². The molecule has 1 unspecified atom stereocenters. The first-order chi connectivity index (χ1) is 7.59.